The summed E-state index contributed by atoms with van der Waals surface area (Å²) in [5, 5.41) is 12.6. The molecule has 0 heterocycles. The van der Waals surface area contributed by atoms with Gasteiger partial charge in [-0.1, -0.05) is 11.6 Å². The first kappa shape index (κ1) is 8.67. The van der Waals surface area contributed by atoms with Crippen LogP contribution in [0.1, 0.15) is 0 Å². The van der Waals surface area contributed by atoms with Crippen LogP contribution in [0.5, 0.6) is 0 Å². The van der Waals surface area contributed by atoms with Crippen molar-refractivity contribution in [1.29, 1.82) is 0 Å². The standard InChI is InChI=1S/C7H7ClN2O2/c8-4-1-2-6(5(9)3-4)10-7(11)12/h1-3,10H,9H2,(H,11,12)/p-1. The van der Waals surface area contributed by atoms with E-state index in [2.05, 4.69) is 0 Å². The molecule has 0 aliphatic heterocycles. The summed E-state index contributed by atoms with van der Waals surface area (Å²) in [5.74, 6) is 0. The third kappa shape index (κ3) is 2.03. The molecule has 3 N–H and O–H groups in total. The molecule has 1 aromatic carbocycles. The molecule has 0 bridgehead atoms. The van der Waals surface area contributed by atoms with Crippen molar-refractivity contribution in [2.45, 2.75) is 0 Å². The Morgan fingerprint density at radius 3 is 2.75 bits per heavy atom. The predicted octanol–water partition coefficient (Wildman–Crippen LogP) is 0.677. The summed E-state index contributed by atoms with van der Waals surface area (Å²) >= 11 is 5.58. The molecule has 0 saturated carbocycles. The first-order chi connectivity index (χ1) is 5.59. The van der Waals surface area contributed by atoms with Crippen LogP contribution in [0.4, 0.5) is 16.2 Å². The summed E-state index contributed by atoms with van der Waals surface area (Å²) in [4.78, 5) is 10.1. The zero-order valence-corrected chi connectivity index (χ0v) is 6.76. The van der Waals surface area contributed by atoms with Gasteiger partial charge in [0.05, 0.1) is 11.4 Å². The minimum Gasteiger partial charge on any atom is -0.530 e. The maximum Gasteiger partial charge on any atom is 0.138 e. The molecular weight excluding hydrogens is 180 g/mol. The van der Waals surface area contributed by atoms with Gasteiger partial charge >= 0.3 is 0 Å². The van der Waals surface area contributed by atoms with Gasteiger partial charge in [-0.2, -0.15) is 0 Å². The normalized spacial score (nSPS) is 9.42. The molecule has 0 saturated heterocycles. The Kier molecular flexibility index (Phi) is 2.40. The van der Waals surface area contributed by atoms with Crippen LogP contribution in [0.3, 0.4) is 0 Å². The maximum absolute atomic E-state index is 10.1. The van der Waals surface area contributed by atoms with E-state index in [1.807, 2.05) is 5.32 Å². The maximum atomic E-state index is 10.1. The zero-order chi connectivity index (χ0) is 9.14. The van der Waals surface area contributed by atoms with E-state index < -0.39 is 6.09 Å². The Bertz CT molecular complexity index is 314. The van der Waals surface area contributed by atoms with E-state index >= 15 is 0 Å². The minimum atomic E-state index is -1.40. The number of halogens is 1. The molecule has 0 aliphatic rings. The van der Waals surface area contributed by atoms with Gasteiger partial charge in [0.2, 0.25) is 0 Å². The van der Waals surface area contributed by atoms with E-state index in [9.17, 15) is 9.90 Å². The number of nitrogen functional groups attached to an aromatic ring is 1. The Balaban J connectivity index is 2.93. The number of carboxylic acid groups (broad SMARTS) is 1. The van der Waals surface area contributed by atoms with Gasteiger partial charge in [0.1, 0.15) is 6.09 Å². The summed E-state index contributed by atoms with van der Waals surface area (Å²) in [5.41, 5.74) is 5.98. The largest absolute Gasteiger partial charge is 0.530 e. The van der Waals surface area contributed by atoms with Crippen LogP contribution in [-0.4, -0.2) is 6.09 Å². The van der Waals surface area contributed by atoms with Crippen molar-refractivity contribution in [3.8, 4) is 0 Å². The molecule has 0 spiro atoms. The zero-order valence-electron chi connectivity index (χ0n) is 6.00. The molecule has 0 radical (unpaired) electrons. The van der Waals surface area contributed by atoms with Crippen LogP contribution in [0.15, 0.2) is 18.2 Å². The van der Waals surface area contributed by atoms with E-state index in [1.54, 1.807) is 0 Å². The van der Waals surface area contributed by atoms with Crippen molar-refractivity contribution in [1.82, 2.24) is 0 Å². The second-order valence-corrected chi connectivity index (χ2v) is 2.58. The number of hydrogen-bond donors (Lipinski definition) is 2. The van der Waals surface area contributed by atoms with Crippen molar-refractivity contribution in [2.75, 3.05) is 11.1 Å². The van der Waals surface area contributed by atoms with Gasteiger partial charge in [-0.05, 0) is 18.2 Å². The fourth-order valence-electron chi connectivity index (χ4n) is 0.757. The number of anilines is 2. The second-order valence-electron chi connectivity index (χ2n) is 2.14. The molecule has 0 unspecified atom stereocenters. The smallest absolute Gasteiger partial charge is 0.138 e. The van der Waals surface area contributed by atoms with E-state index in [0.717, 1.165) is 0 Å². The van der Waals surface area contributed by atoms with Crippen LogP contribution in [0.2, 0.25) is 5.02 Å². The van der Waals surface area contributed by atoms with Crippen molar-refractivity contribution in [3.05, 3.63) is 23.2 Å². The van der Waals surface area contributed by atoms with Gasteiger partial charge in [0.15, 0.2) is 0 Å². The van der Waals surface area contributed by atoms with Crippen molar-refractivity contribution < 1.29 is 9.90 Å². The summed E-state index contributed by atoms with van der Waals surface area (Å²) in [6.07, 6.45) is -1.40. The molecule has 0 aliphatic carbocycles. The molecule has 12 heavy (non-hydrogen) atoms. The van der Waals surface area contributed by atoms with E-state index in [0.29, 0.717) is 5.02 Å². The van der Waals surface area contributed by atoms with Crippen LogP contribution < -0.4 is 16.2 Å². The monoisotopic (exact) mass is 185 g/mol. The molecule has 4 nitrogen and oxygen atoms in total. The van der Waals surface area contributed by atoms with E-state index in [1.165, 1.54) is 18.2 Å². The second kappa shape index (κ2) is 3.32. The lowest BCUT2D eigenvalue weighted by Gasteiger charge is -2.08. The Morgan fingerprint density at radius 1 is 1.58 bits per heavy atom. The number of nitrogens with one attached hydrogen (secondary N) is 1. The molecule has 64 valence electrons. The Labute approximate surface area is 73.9 Å². The third-order valence-electron chi connectivity index (χ3n) is 1.25. The van der Waals surface area contributed by atoms with Gasteiger partial charge in [-0.25, -0.2) is 0 Å². The lowest BCUT2D eigenvalue weighted by atomic mass is 10.3. The summed E-state index contributed by atoms with van der Waals surface area (Å²) in [6.45, 7) is 0. The van der Waals surface area contributed by atoms with E-state index in [-0.39, 0.29) is 11.4 Å². The third-order valence-corrected chi connectivity index (χ3v) is 1.49. The first-order valence-corrected chi connectivity index (χ1v) is 3.50. The first-order valence-electron chi connectivity index (χ1n) is 3.12. The molecule has 5 heteroatoms. The SMILES string of the molecule is Nc1cc(Cl)ccc1NC(=O)[O-]. The Hall–Kier alpha value is -1.42. The quantitative estimate of drug-likeness (QED) is 0.632. The fraction of sp³-hybridized carbons (Fsp3) is 0. The molecule has 1 rings (SSSR count). The number of amides is 1. The summed E-state index contributed by atoms with van der Waals surface area (Å²) in [6, 6.07) is 4.45. The Morgan fingerprint density at radius 2 is 2.25 bits per heavy atom. The van der Waals surface area contributed by atoms with Crippen LogP contribution in [-0.2, 0) is 0 Å². The lowest BCUT2D eigenvalue weighted by Crippen LogP contribution is -2.29. The van der Waals surface area contributed by atoms with Gasteiger partial charge in [0.25, 0.3) is 0 Å². The number of nitrogens with two attached hydrogens (primary N) is 1. The van der Waals surface area contributed by atoms with Gasteiger partial charge in [-0.15, -0.1) is 0 Å². The predicted molar refractivity (Wildman–Crippen MR) is 44.9 cm³/mol. The summed E-state index contributed by atoms with van der Waals surface area (Å²) in [7, 11) is 0. The highest BCUT2D eigenvalue weighted by molar-refractivity contribution is 6.31. The highest BCUT2D eigenvalue weighted by Crippen LogP contribution is 2.21. The van der Waals surface area contributed by atoms with Crippen LogP contribution in [0.25, 0.3) is 0 Å². The van der Waals surface area contributed by atoms with Gasteiger partial charge in [-0.3, -0.25) is 0 Å². The lowest BCUT2D eigenvalue weighted by molar-refractivity contribution is -0.242. The average Bonchev–Trinajstić information content (AvgIpc) is 1.94. The van der Waals surface area contributed by atoms with E-state index in [4.69, 9.17) is 17.3 Å². The molecule has 1 amide bonds. The molecule has 0 fully saturated rings. The van der Waals surface area contributed by atoms with Crippen molar-refractivity contribution >= 4 is 29.1 Å². The highest BCUT2D eigenvalue weighted by atomic mass is 35.5. The molecule has 0 atom stereocenters. The number of rotatable bonds is 1. The van der Waals surface area contributed by atoms with Gasteiger partial charge in [0, 0.05) is 5.02 Å². The number of carbonyl (C=O) groups is 1. The number of carbonyl (C=O) groups excluding carboxylic acids is 1. The number of hydrogen-bond acceptors (Lipinski definition) is 3. The topological polar surface area (TPSA) is 78.2 Å². The van der Waals surface area contributed by atoms with Crippen LogP contribution in [0, 0.1) is 0 Å². The van der Waals surface area contributed by atoms with Crippen molar-refractivity contribution in [3.63, 3.8) is 0 Å². The highest BCUT2D eigenvalue weighted by Gasteiger charge is 1.98. The van der Waals surface area contributed by atoms with Gasteiger partial charge < -0.3 is 21.0 Å². The molecule has 0 aromatic heterocycles. The van der Waals surface area contributed by atoms with Crippen LogP contribution >= 0.6 is 11.6 Å². The van der Waals surface area contributed by atoms with Crippen molar-refractivity contribution in [2.24, 2.45) is 0 Å². The minimum absolute atomic E-state index is 0.270. The molecular formula is C7H6ClN2O2-. The fourth-order valence-corrected chi connectivity index (χ4v) is 0.938. The number of benzene rings is 1. The average molecular weight is 186 g/mol. The summed E-state index contributed by atoms with van der Waals surface area (Å²) < 4.78 is 0. The molecule has 1 aromatic rings.